The molecule has 0 N–H and O–H groups in total. The minimum Gasteiger partial charge on any atom is -0.368 e. The molecule has 0 spiro atoms. The van der Waals surface area contributed by atoms with Gasteiger partial charge < -0.3 is 14.4 Å². The van der Waals surface area contributed by atoms with E-state index in [1.807, 2.05) is 11.8 Å². The predicted octanol–water partition coefficient (Wildman–Crippen LogP) is 1.79. The van der Waals surface area contributed by atoms with E-state index < -0.39 is 10.0 Å². The standard InChI is InChI=1S/C21H28FN5O3S/c1-2-24-15-20(23-16-24)31(29,30)27-9-3-4-17(14-27)21(28)26-12-10-25(11-13-26)19-7-5-18(22)6-8-19/h5-8,15-17H,2-4,9-14H2,1H3. The quantitative estimate of drug-likeness (QED) is 0.696. The van der Waals surface area contributed by atoms with E-state index in [2.05, 4.69) is 9.88 Å². The summed E-state index contributed by atoms with van der Waals surface area (Å²) in [4.78, 5) is 21.1. The average molecular weight is 450 g/mol. The van der Waals surface area contributed by atoms with Gasteiger partial charge in [0, 0.05) is 57.7 Å². The molecule has 168 valence electrons. The van der Waals surface area contributed by atoms with Gasteiger partial charge in [0.25, 0.3) is 10.0 Å². The molecule has 2 aliphatic heterocycles. The summed E-state index contributed by atoms with van der Waals surface area (Å²) in [6.07, 6.45) is 4.39. The third-order valence-corrected chi connectivity index (χ3v) is 7.85. The molecule has 8 nitrogen and oxygen atoms in total. The Labute approximate surface area is 182 Å². The van der Waals surface area contributed by atoms with E-state index in [4.69, 9.17) is 0 Å². The van der Waals surface area contributed by atoms with E-state index in [-0.39, 0.29) is 29.2 Å². The van der Waals surface area contributed by atoms with Gasteiger partial charge in [-0.1, -0.05) is 0 Å². The summed E-state index contributed by atoms with van der Waals surface area (Å²) < 4.78 is 42.2. The molecule has 4 rings (SSSR count). The van der Waals surface area contributed by atoms with Crippen molar-refractivity contribution in [2.24, 2.45) is 5.92 Å². The Kier molecular flexibility index (Phi) is 6.29. The van der Waals surface area contributed by atoms with Gasteiger partial charge in [-0.15, -0.1) is 0 Å². The zero-order valence-electron chi connectivity index (χ0n) is 17.7. The Morgan fingerprint density at radius 1 is 1.13 bits per heavy atom. The molecule has 0 radical (unpaired) electrons. The van der Waals surface area contributed by atoms with Gasteiger partial charge in [0.05, 0.1) is 12.2 Å². The largest absolute Gasteiger partial charge is 0.368 e. The van der Waals surface area contributed by atoms with Crippen molar-refractivity contribution < 1.29 is 17.6 Å². The van der Waals surface area contributed by atoms with E-state index in [1.54, 1.807) is 16.7 Å². The summed E-state index contributed by atoms with van der Waals surface area (Å²) in [5.74, 6) is -0.595. The molecule has 3 heterocycles. The van der Waals surface area contributed by atoms with E-state index in [0.717, 1.165) is 5.69 Å². The maximum atomic E-state index is 13.1. The number of rotatable bonds is 5. The lowest BCUT2D eigenvalue weighted by Gasteiger charge is -2.39. The third-order valence-electron chi connectivity index (χ3n) is 6.10. The molecular formula is C21H28FN5O3S. The molecule has 2 aliphatic rings. The van der Waals surface area contributed by atoms with E-state index in [1.165, 1.54) is 29.0 Å². The van der Waals surface area contributed by atoms with Crippen LogP contribution in [0.3, 0.4) is 0 Å². The molecule has 31 heavy (non-hydrogen) atoms. The van der Waals surface area contributed by atoms with Crippen molar-refractivity contribution in [1.82, 2.24) is 18.8 Å². The fourth-order valence-corrected chi connectivity index (χ4v) is 5.69. The molecule has 10 heteroatoms. The first-order valence-corrected chi connectivity index (χ1v) is 12.1. The average Bonchev–Trinajstić information content (AvgIpc) is 3.30. The van der Waals surface area contributed by atoms with Gasteiger partial charge >= 0.3 is 0 Å². The smallest absolute Gasteiger partial charge is 0.262 e. The monoisotopic (exact) mass is 449 g/mol. The molecule has 1 amide bonds. The number of carbonyl (C=O) groups is 1. The first kappa shape index (κ1) is 21.8. The van der Waals surface area contributed by atoms with Crippen LogP contribution in [0.1, 0.15) is 19.8 Å². The number of hydrogen-bond acceptors (Lipinski definition) is 5. The number of sulfonamides is 1. The van der Waals surface area contributed by atoms with E-state index >= 15 is 0 Å². The SMILES string of the molecule is CCn1cnc(S(=O)(=O)N2CCCC(C(=O)N3CCN(c4ccc(F)cc4)CC3)C2)c1. The van der Waals surface area contributed by atoms with Gasteiger partial charge in [-0.05, 0) is 44.0 Å². The van der Waals surface area contributed by atoms with Gasteiger partial charge in [-0.3, -0.25) is 4.79 Å². The highest BCUT2D eigenvalue weighted by atomic mass is 32.2. The number of hydrogen-bond donors (Lipinski definition) is 0. The predicted molar refractivity (Wildman–Crippen MR) is 115 cm³/mol. The van der Waals surface area contributed by atoms with Gasteiger partial charge in [0.15, 0.2) is 5.03 Å². The number of halogens is 1. The van der Waals surface area contributed by atoms with Crippen LogP contribution >= 0.6 is 0 Å². The lowest BCUT2D eigenvalue weighted by Crippen LogP contribution is -2.53. The number of amides is 1. The van der Waals surface area contributed by atoms with Gasteiger partial charge in [-0.25, -0.2) is 17.8 Å². The summed E-state index contributed by atoms with van der Waals surface area (Å²) >= 11 is 0. The van der Waals surface area contributed by atoms with Crippen molar-refractivity contribution in [3.8, 4) is 0 Å². The minimum atomic E-state index is -3.71. The molecule has 1 atom stereocenters. The Morgan fingerprint density at radius 2 is 1.84 bits per heavy atom. The lowest BCUT2D eigenvalue weighted by atomic mass is 9.97. The summed E-state index contributed by atoms with van der Waals surface area (Å²) in [5, 5.41) is 0.0374. The highest BCUT2D eigenvalue weighted by Crippen LogP contribution is 2.25. The summed E-state index contributed by atoms with van der Waals surface area (Å²) in [7, 11) is -3.71. The number of carbonyl (C=O) groups excluding carboxylic acids is 1. The van der Waals surface area contributed by atoms with Gasteiger partial charge in [-0.2, -0.15) is 4.31 Å². The first-order valence-electron chi connectivity index (χ1n) is 10.7. The summed E-state index contributed by atoms with van der Waals surface area (Å²) in [6, 6.07) is 6.37. The van der Waals surface area contributed by atoms with Gasteiger partial charge in [0.2, 0.25) is 5.91 Å². The van der Waals surface area contributed by atoms with Crippen molar-refractivity contribution in [3.05, 3.63) is 42.6 Å². The molecule has 0 aliphatic carbocycles. The number of anilines is 1. The summed E-state index contributed by atoms with van der Waals surface area (Å²) in [5.41, 5.74) is 0.940. The zero-order valence-corrected chi connectivity index (χ0v) is 18.5. The Hall–Kier alpha value is -2.46. The Bertz CT molecular complexity index is 1020. The van der Waals surface area contributed by atoms with Crippen LogP contribution in [-0.4, -0.2) is 72.3 Å². The van der Waals surface area contributed by atoms with E-state index in [0.29, 0.717) is 52.1 Å². The van der Waals surface area contributed by atoms with Crippen molar-refractivity contribution >= 4 is 21.6 Å². The second-order valence-corrected chi connectivity index (χ2v) is 9.92. The van der Waals surface area contributed by atoms with Crippen LogP contribution in [0.4, 0.5) is 10.1 Å². The van der Waals surface area contributed by atoms with Crippen molar-refractivity contribution in [2.75, 3.05) is 44.2 Å². The molecule has 1 aromatic heterocycles. The zero-order chi connectivity index (χ0) is 22.0. The number of aryl methyl sites for hydroxylation is 1. The number of piperazine rings is 1. The molecule has 2 aromatic rings. The second-order valence-electron chi connectivity index (χ2n) is 8.03. The number of benzene rings is 1. The molecule has 2 fully saturated rings. The number of piperidine rings is 1. The van der Waals surface area contributed by atoms with Crippen LogP contribution in [0.2, 0.25) is 0 Å². The van der Waals surface area contributed by atoms with Crippen LogP contribution in [0.15, 0.2) is 41.8 Å². The summed E-state index contributed by atoms with van der Waals surface area (Å²) in [6.45, 7) is 5.64. The van der Waals surface area contributed by atoms with Crippen LogP contribution in [0.5, 0.6) is 0 Å². The topological polar surface area (TPSA) is 78.8 Å². The highest BCUT2D eigenvalue weighted by Gasteiger charge is 2.36. The fourth-order valence-electron chi connectivity index (χ4n) is 4.24. The second kappa shape index (κ2) is 8.96. The van der Waals surface area contributed by atoms with Gasteiger partial charge in [0.1, 0.15) is 5.82 Å². The van der Waals surface area contributed by atoms with Crippen LogP contribution in [-0.2, 0) is 21.4 Å². The maximum Gasteiger partial charge on any atom is 0.262 e. The fraction of sp³-hybridized carbons (Fsp3) is 0.524. The maximum absolute atomic E-state index is 13.1. The number of nitrogens with zero attached hydrogens (tertiary/aromatic N) is 5. The molecule has 1 unspecified atom stereocenters. The third kappa shape index (κ3) is 4.59. The van der Waals surface area contributed by atoms with Crippen LogP contribution in [0.25, 0.3) is 0 Å². The molecule has 2 saturated heterocycles. The number of imidazole rings is 1. The van der Waals surface area contributed by atoms with Crippen molar-refractivity contribution in [3.63, 3.8) is 0 Å². The number of aromatic nitrogens is 2. The minimum absolute atomic E-state index is 0.0118. The van der Waals surface area contributed by atoms with E-state index in [9.17, 15) is 17.6 Å². The van der Waals surface area contributed by atoms with Crippen molar-refractivity contribution in [1.29, 1.82) is 0 Å². The Balaban J connectivity index is 1.37. The Morgan fingerprint density at radius 3 is 2.48 bits per heavy atom. The van der Waals surface area contributed by atoms with Crippen LogP contribution < -0.4 is 4.90 Å². The lowest BCUT2D eigenvalue weighted by molar-refractivity contribution is -0.137. The molecule has 0 saturated carbocycles. The first-order chi connectivity index (χ1) is 14.9. The molecular weight excluding hydrogens is 421 g/mol. The highest BCUT2D eigenvalue weighted by molar-refractivity contribution is 7.89. The normalized spacial score (nSPS) is 20.8. The van der Waals surface area contributed by atoms with Crippen LogP contribution in [0, 0.1) is 11.7 Å². The molecule has 1 aromatic carbocycles. The molecule has 0 bridgehead atoms. The van der Waals surface area contributed by atoms with Crippen molar-refractivity contribution in [2.45, 2.75) is 31.3 Å².